The van der Waals surface area contributed by atoms with E-state index in [1.54, 1.807) is 24.3 Å². The third-order valence-corrected chi connectivity index (χ3v) is 4.29. The summed E-state index contributed by atoms with van der Waals surface area (Å²) in [6.45, 7) is 2.42. The molecule has 1 heterocycles. The number of carbonyl (C=O) groups excluding carboxylic acids is 1. The van der Waals surface area contributed by atoms with Crippen molar-refractivity contribution in [2.45, 2.75) is 19.9 Å². The van der Waals surface area contributed by atoms with Crippen molar-refractivity contribution >= 4 is 23.3 Å². The smallest absolute Gasteiger partial charge is 0.323 e. The first-order chi connectivity index (χ1) is 12.9. The second-order valence-corrected chi connectivity index (χ2v) is 6.44. The number of nitrogens with zero attached hydrogens (tertiary/aromatic N) is 3. The van der Waals surface area contributed by atoms with E-state index < -0.39 is 18.4 Å². The van der Waals surface area contributed by atoms with Crippen molar-refractivity contribution < 1.29 is 19.1 Å². The van der Waals surface area contributed by atoms with Gasteiger partial charge >= 0.3 is 5.97 Å². The first-order valence-corrected chi connectivity index (χ1v) is 8.59. The molecule has 1 amide bonds. The van der Waals surface area contributed by atoms with Crippen LogP contribution in [0.5, 0.6) is 0 Å². The zero-order valence-electron chi connectivity index (χ0n) is 14.9. The van der Waals surface area contributed by atoms with E-state index in [1.165, 1.54) is 29.2 Å². The molecule has 0 radical (unpaired) electrons. The number of aliphatic carboxylic acids is 1. The first kappa shape index (κ1) is 18.6. The molecule has 6 nitrogen and oxygen atoms in total. The summed E-state index contributed by atoms with van der Waals surface area (Å²) in [5, 5.41) is 15.4. The second-order valence-electron chi connectivity index (χ2n) is 6.44. The van der Waals surface area contributed by atoms with Crippen molar-refractivity contribution in [3.05, 3.63) is 65.5 Å². The van der Waals surface area contributed by atoms with E-state index in [4.69, 9.17) is 5.11 Å². The van der Waals surface area contributed by atoms with Gasteiger partial charge in [0.1, 0.15) is 12.4 Å². The zero-order valence-corrected chi connectivity index (χ0v) is 14.9. The Labute approximate surface area is 156 Å². The molecule has 7 heteroatoms. The molecule has 0 fully saturated rings. The number of amides is 1. The van der Waals surface area contributed by atoms with Crippen molar-refractivity contribution in [2.24, 2.45) is 5.10 Å². The molecule has 27 heavy (non-hydrogen) atoms. The SMILES string of the molecule is CC1=NN(c2ccc(C(=O)N(CC(=O)O)Cc3ccc(F)cc3)cc2)CC1. The minimum atomic E-state index is -1.11. The summed E-state index contributed by atoms with van der Waals surface area (Å²) in [5.74, 6) is -1.89. The van der Waals surface area contributed by atoms with E-state index in [0.717, 1.165) is 24.4 Å². The number of hydrazone groups is 1. The van der Waals surface area contributed by atoms with Crippen molar-refractivity contribution in [3.63, 3.8) is 0 Å². The molecule has 2 aromatic rings. The lowest BCUT2D eigenvalue weighted by atomic mass is 10.1. The normalized spacial score (nSPS) is 13.4. The monoisotopic (exact) mass is 369 g/mol. The Balaban J connectivity index is 1.76. The maximum atomic E-state index is 13.1. The van der Waals surface area contributed by atoms with Gasteiger partial charge in [0.15, 0.2) is 0 Å². The van der Waals surface area contributed by atoms with Crippen LogP contribution in [0.25, 0.3) is 0 Å². The molecule has 0 bridgehead atoms. The highest BCUT2D eigenvalue weighted by Gasteiger charge is 2.20. The van der Waals surface area contributed by atoms with E-state index >= 15 is 0 Å². The molecule has 1 aliphatic rings. The lowest BCUT2D eigenvalue weighted by Gasteiger charge is -2.21. The highest BCUT2D eigenvalue weighted by molar-refractivity contribution is 5.96. The summed E-state index contributed by atoms with van der Waals surface area (Å²) in [6, 6.07) is 12.6. The Morgan fingerprint density at radius 2 is 1.81 bits per heavy atom. The number of hydrogen-bond acceptors (Lipinski definition) is 4. The summed E-state index contributed by atoms with van der Waals surface area (Å²) in [5.41, 5.74) is 2.99. The fraction of sp³-hybridized carbons (Fsp3) is 0.250. The number of hydrogen-bond donors (Lipinski definition) is 1. The summed E-state index contributed by atoms with van der Waals surface area (Å²) < 4.78 is 13.1. The minimum Gasteiger partial charge on any atom is -0.480 e. The van der Waals surface area contributed by atoms with Gasteiger partial charge in [0.25, 0.3) is 5.91 Å². The van der Waals surface area contributed by atoms with E-state index in [2.05, 4.69) is 5.10 Å². The molecule has 0 unspecified atom stereocenters. The fourth-order valence-corrected chi connectivity index (χ4v) is 2.89. The van der Waals surface area contributed by atoms with Crippen LogP contribution in [0.4, 0.5) is 10.1 Å². The summed E-state index contributed by atoms with van der Waals surface area (Å²) in [7, 11) is 0. The van der Waals surface area contributed by atoms with Crippen molar-refractivity contribution in [3.8, 4) is 0 Å². The van der Waals surface area contributed by atoms with Crippen molar-refractivity contribution in [1.29, 1.82) is 0 Å². The Morgan fingerprint density at radius 3 is 2.37 bits per heavy atom. The van der Waals surface area contributed by atoms with Crippen LogP contribution >= 0.6 is 0 Å². The number of anilines is 1. The Hall–Kier alpha value is -3.22. The second kappa shape index (κ2) is 7.99. The Morgan fingerprint density at radius 1 is 1.15 bits per heavy atom. The Bertz CT molecular complexity index is 863. The summed E-state index contributed by atoms with van der Waals surface area (Å²) in [6.07, 6.45) is 0.907. The average molecular weight is 369 g/mol. The molecular weight excluding hydrogens is 349 g/mol. The Kier molecular flexibility index (Phi) is 5.49. The van der Waals surface area contributed by atoms with Crippen LogP contribution in [0.2, 0.25) is 0 Å². The van der Waals surface area contributed by atoms with Crippen LogP contribution in [-0.2, 0) is 11.3 Å². The van der Waals surface area contributed by atoms with Crippen LogP contribution in [0.1, 0.15) is 29.3 Å². The standard InChI is InChI=1S/C20H20FN3O3/c1-14-10-11-24(22-14)18-8-4-16(5-9-18)20(27)23(13-19(25)26)12-15-2-6-17(21)7-3-15/h2-9H,10-13H2,1H3,(H,25,26). The minimum absolute atomic E-state index is 0.0861. The first-order valence-electron chi connectivity index (χ1n) is 8.59. The van der Waals surface area contributed by atoms with Crippen LogP contribution in [-0.4, -0.2) is 40.7 Å². The number of carbonyl (C=O) groups is 2. The van der Waals surface area contributed by atoms with Gasteiger partial charge in [-0.1, -0.05) is 12.1 Å². The zero-order chi connectivity index (χ0) is 19.4. The van der Waals surface area contributed by atoms with Gasteiger partial charge in [-0.25, -0.2) is 4.39 Å². The van der Waals surface area contributed by atoms with Crippen molar-refractivity contribution in [2.75, 3.05) is 18.1 Å². The third kappa shape index (κ3) is 4.69. The molecule has 0 spiro atoms. The molecule has 2 aromatic carbocycles. The molecule has 1 aliphatic heterocycles. The molecule has 3 rings (SSSR count). The summed E-state index contributed by atoms with van der Waals surface area (Å²) in [4.78, 5) is 25.2. The maximum Gasteiger partial charge on any atom is 0.323 e. The summed E-state index contributed by atoms with van der Waals surface area (Å²) >= 11 is 0. The largest absolute Gasteiger partial charge is 0.480 e. The molecule has 0 aliphatic carbocycles. The number of halogens is 1. The molecule has 140 valence electrons. The van der Waals surface area contributed by atoms with Gasteiger partial charge in [-0.15, -0.1) is 0 Å². The van der Waals surface area contributed by atoms with E-state index in [0.29, 0.717) is 11.1 Å². The van der Waals surface area contributed by atoms with Crippen LogP contribution in [0, 0.1) is 5.82 Å². The third-order valence-electron chi connectivity index (χ3n) is 4.29. The van der Waals surface area contributed by atoms with Crippen LogP contribution in [0.3, 0.4) is 0 Å². The quantitative estimate of drug-likeness (QED) is 0.849. The van der Waals surface area contributed by atoms with E-state index in [1.807, 2.05) is 11.9 Å². The number of rotatable bonds is 6. The number of carboxylic acids is 1. The van der Waals surface area contributed by atoms with Gasteiger partial charge in [-0.2, -0.15) is 5.10 Å². The molecule has 0 aromatic heterocycles. The predicted molar refractivity (Wildman–Crippen MR) is 100 cm³/mol. The van der Waals surface area contributed by atoms with E-state index in [-0.39, 0.29) is 12.4 Å². The van der Waals surface area contributed by atoms with Gasteiger partial charge in [-0.3, -0.25) is 14.6 Å². The number of benzene rings is 2. The molecule has 0 saturated carbocycles. The van der Waals surface area contributed by atoms with E-state index in [9.17, 15) is 14.0 Å². The van der Waals surface area contributed by atoms with Gasteiger partial charge in [0.2, 0.25) is 0 Å². The van der Waals surface area contributed by atoms with Gasteiger partial charge < -0.3 is 10.0 Å². The maximum absolute atomic E-state index is 13.1. The van der Waals surface area contributed by atoms with Crippen LogP contribution < -0.4 is 5.01 Å². The lowest BCUT2D eigenvalue weighted by Crippen LogP contribution is -2.35. The van der Waals surface area contributed by atoms with Gasteiger partial charge in [0.05, 0.1) is 5.69 Å². The molecule has 0 atom stereocenters. The highest BCUT2D eigenvalue weighted by atomic mass is 19.1. The lowest BCUT2D eigenvalue weighted by molar-refractivity contribution is -0.137. The molecule has 1 N–H and O–H groups in total. The van der Waals surface area contributed by atoms with Crippen molar-refractivity contribution in [1.82, 2.24) is 4.90 Å². The molecule has 0 saturated heterocycles. The average Bonchev–Trinajstić information content (AvgIpc) is 3.08. The molecular formula is C20H20FN3O3. The predicted octanol–water partition coefficient (Wildman–Crippen LogP) is 3.14. The van der Waals surface area contributed by atoms with Crippen LogP contribution in [0.15, 0.2) is 53.6 Å². The fourth-order valence-electron chi connectivity index (χ4n) is 2.89. The van der Waals surface area contributed by atoms with Gasteiger partial charge in [-0.05, 0) is 48.9 Å². The number of carboxylic acid groups (broad SMARTS) is 1. The highest BCUT2D eigenvalue weighted by Crippen LogP contribution is 2.21. The topological polar surface area (TPSA) is 73.2 Å². The van der Waals surface area contributed by atoms with Gasteiger partial charge in [0, 0.05) is 30.8 Å².